The van der Waals surface area contributed by atoms with E-state index in [9.17, 15) is 4.79 Å². The fourth-order valence-electron chi connectivity index (χ4n) is 2.81. The van der Waals surface area contributed by atoms with Crippen molar-refractivity contribution in [1.82, 2.24) is 5.32 Å². The van der Waals surface area contributed by atoms with Crippen LogP contribution < -0.4 is 15.8 Å². The zero-order valence-corrected chi connectivity index (χ0v) is 16.2. The number of carbonyl (C=O) groups is 1. The smallest absolute Gasteiger partial charge is 0.308 e. The van der Waals surface area contributed by atoms with Crippen LogP contribution in [0.5, 0.6) is 5.75 Å². The quantitative estimate of drug-likeness (QED) is 0.545. The van der Waals surface area contributed by atoms with E-state index in [2.05, 4.69) is 18.3 Å². The molecule has 1 aliphatic rings. The van der Waals surface area contributed by atoms with Gasteiger partial charge in [0.15, 0.2) is 0 Å². The van der Waals surface area contributed by atoms with Crippen LogP contribution in [0.1, 0.15) is 64.5 Å². The lowest BCUT2D eigenvalue weighted by Crippen LogP contribution is -2.24. The molecule has 25 heavy (non-hydrogen) atoms. The maximum atomic E-state index is 11.3. The molecule has 0 unspecified atom stereocenters. The Hall–Kier alpha value is -1.81. The third-order valence-corrected chi connectivity index (χ3v) is 4.31. The second-order valence-electron chi connectivity index (χ2n) is 6.25. The predicted molar refractivity (Wildman–Crippen MR) is 105 cm³/mol. The Morgan fingerprint density at radius 1 is 1.36 bits per heavy atom. The fraction of sp³-hybridized carbons (Fsp3) is 0.571. The molecule has 0 saturated heterocycles. The molecule has 1 aliphatic carbocycles. The summed E-state index contributed by atoms with van der Waals surface area (Å²) in [5, 5.41) is 3.39. The van der Waals surface area contributed by atoms with Crippen LogP contribution in [0.3, 0.4) is 0 Å². The van der Waals surface area contributed by atoms with Crippen molar-refractivity contribution in [1.29, 1.82) is 0 Å². The van der Waals surface area contributed by atoms with E-state index in [1.54, 1.807) is 0 Å². The minimum absolute atomic E-state index is 0.312. The molecular formula is C21H34N2O2. The zero-order chi connectivity index (χ0) is 18.7. The molecule has 0 spiro atoms. The van der Waals surface area contributed by atoms with Gasteiger partial charge < -0.3 is 15.8 Å². The summed E-state index contributed by atoms with van der Waals surface area (Å²) in [4.78, 5) is 11.3. The van der Waals surface area contributed by atoms with E-state index in [1.165, 1.54) is 31.7 Å². The van der Waals surface area contributed by atoms with Gasteiger partial charge in [-0.05, 0) is 48.4 Å². The number of rotatable bonds is 8. The van der Waals surface area contributed by atoms with Crippen molar-refractivity contribution in [3.8, 4) is 5.75 Å². The fourth-order valence-corrected chi connectivity index (χ4v) is 2.81. The van der Waals surface area contributed by atoms with Crippen molar-refractivity contribution in [3.63, 3.8) is 0 Å². The Balaban J connectivity index is 0.00000151. The van der Waals surface area contributed by atoms with Gasteiger partial charge >= 0.3 is 5.97 Å². The molecule has 2 rings (SSSR count). The maximum Gasteiger partial charge on any atom is 0.308 e. The molecule has 4 heteroatoms. The second-order valence-corrected chi connectivity index (χ2v) is 6.25. The van der Waals surface area contributed by atoms with Crippen LogP contribution in [0, 0.1) is 5.92 Å². The first-order valence-corrected chi connectivity index (χ1v) is 9.58. The van der Waals surface area contributed by atoms with Crippen LogP contribution in [0.25, 0.3) is 5.57 Å². The van der Waals surface area contributed by atoms with Crippen LogP contribution >= 0.6 is 0 Å². The lowest BCUT2D eigenvalue weighted by atomic mass is 9.85. The Bertz CT molecular complexity index is 563. The Kier molecular flexibility index (Phi) is 9.93. The molecule has 0 aromatic heterocycles. The third kappa shape index (κ3) is 6.91. The van der Waals surface area contributed by atoms with Gasteiger partial charge in [0, 0.05) is 31.8 Å². The second kappa shape index (κ2) is 11.7. The van der Waals surface area contributed by atoms with Crippen LogP contribution in [0.15, 0.2) is 24.4 Å². The van der Waals surface area contributed by atoms with Gasteiger partial charge in [0.2, 0.25) is 0 Å². The molecule has 1 aromatic rings. The summed E-state index contributed by atoms with van der Waals surface area (Å²) < 4.78 is 5.36. The molecule has 1 fully saturated rings. The lowest BCUT2D eigenvalue weighted by molar-refractivity contribution is -0.131. The summed E-state index contributed by atoms with van der Waals surface area (Å²) in [6.45, 7) is 8.96. The van der Waals surface area contributed by atoms with Crippen molar-refractivity contribution in [2.45, 2.75) is 59.8 Å². The summed E-state index contributed by atoms with van der Waals surface area (Å²) in [6.07, 6.45) is 8.02. The maximum absolute atomic E-state index is 11.3. The molecule has 1 saturated carbocycles. The standard InChI is InChI=1S/C19H28N2O2.C2H6/c1-3-5-15-8-9-19(23-14(2)22)18(10-15)17(11-20)13-21-12-16-6-4-7-16;1-2/h8-10,13,16,21H,3-7,11-12,20H2,1-2H3;1-2H3/b17-13+;. The molecule has 4 nitrogen and oxygen atoms in total. The molecular weight excluding hydrogens is 312 g/mol. The highest BCUT2D eigenvalue weighted by Crippen LogP contribution is 2.28. The average Bonchev–Trinajstić information content (AvgIpc) is 2.57. The summed E-state index contributed by atoms with van der Waals surface area (Å²) >= 11 is 0. The summed E-state index contributed by atoms with van der Waals surface area (Å²) in [7, 11) is 0. The highest BCUT2D eigenvalue weighted by atomic mass is 16.5. The molecule has 0 atom stereocenters. The number of ether oxygens (including phenoxy) is 1. The first-order chi connectivity index (χ1) is 12.1. The molecule has 0 radical (unpaired) electrons. The van der Waals surface area contributed by atoms with Gasteiger partial charge in [0.1, 0.15) is 5.75 Å². The Morgan fingerprint density at radius 2 is 2.08 bits per heavy atom. The van der Waals surface area contributed by atoms with Crippen LogP contribution in [0.4, 0.5) is 0 Å². The van der Waals surface area contributed by atoms with Crippen molar-refractivity contribution >= 4 is 11.5 Å². The number of benzene rings is 1. The van der Waals surface area contributed by atoms with E-state index in [0.29, 0.717) is 12.3 Å². The predicted octanol–water partition coefficient (Wildman–Crippen LogP) is 4.28. The number of nitrogens with two attached hydrogens (primary N) is 1. The monoisotopic (exact) mass is 346 g/mol. The SMILES string of the molecule is CC.CCCc1ccc(OC(C)=O)c(/C(=C/NCC2CCC2)CN)c1. The molecule has 1 aromatic carbocycles. The van der Waals surface area contributed by atoms with Gasteiger partial charge in [-0.3, -0.25) is 4.79 Å². The Morgan fingerprint density at radius 3 is 2.60 bits per heavy atom. The van der Waals surface area contributed by atoms with Gasteiger partial charge in [-0.1, -0.05) is 39.7 Å². The first-order valence-electron chi connectivity index (χ1n) is 9.58. The number of esters is 1. The van der Waals surface area contributed by atoms with Crippen LogP contribution in [-0.4, -0.2) is 19.1 Å². The van der Waals surface area contributed by atoms with Gasteiger partial charge in [0.05, 0.1) is 0 Å². The van der Waals surface area contributed by atoms with E-state index in [-0.39, 0.29) is 5.97 Å². The van der Waals surface area contributed by atoms with Gasteiger partial charge in [-0.2, -0.15) is 0 Å². The molecule has 0 amide bonds. The van der Waals surface area contributed by atoms with Crippen LogP contribution in [0.2, 0.25) is 0 Å². The van der Waals surface area contributed by atoms with Gasteiger partial charge in [0.25, 0.3) is 0 Å². The van der Waals surface area contributed by atoms with Crippen molar-refractivity contribution in [2.75, 3.05) is 13.1 Å². The van der Waals surface area contributed by atoms with E-state index in [0.717, 1.165) is 36.4 Å². The minimum atomic E-state index is -0.312. The number of hydrogen-bond donors (Lipinski definition) is 2. The third-order valence-electron chi connectivity index (χ3n) is 4.31. The largest absolute Gasteiger partial charge is 0.426 e. The zero-order valence-electron chi connectivity index (χ0n) is 16.2. The van der Waals surface area contributed by atoms with Gasteiger partial charge in [-0.25, -0.2) is 0 Å². The van der Waals surface area contributed by atoms with Crippen molar-refractivity contribution in [3.05, 3.63) is 35.5 Å². The Labute approximate surface area is 152 Å². The first kappa shape index (κ1) is 21.2. The minimum Gasteiger partial charge on any atom is -0.426 e. The highest BCUT2D eigenvalue weighted by molar-refractivity contribution is 5.76. The van der Waals surface area contributed by atoms with Crippen LogP contribution in [-0.2, 0) is 11.2 Å². The summed E-state index contributed by atoms with van der Waals surface area (Å²) in [5.41, 5.74) is 9.06. The van der Waals surface area contributed by atoms with E-state index in [1.807, 2.05) is 32.2 Å². The van der Waals surface area contributed by atoms with E-state index < -0.39 is 0 Å². The lowest BCUT2D eigenvalue weighted by Gasteiger charge is -2.25. The molecule has 0 aliphatic heterocycles. The normalized spacial score (nSPS) is 14.2. The number of nitrogens with one attached hydrogen (secondary N) is 1. The molecule has 140 valence electrons. The number of hydrogen-bond acceptors (Lipinski definition) is 4. The van der Waals surface area contributed by atoms with E-state index in [4.69, 9.17) is 10.5 Å². The highest BCUT2D eigenvalue weighted by Gasteiger charge is 2.16. The van der Waals surface area contributed by atoms with E-state index >= 15 is 0 Å². The molecule has 3 N–H and O–H groups in total. The molecule has 0 heterocycles. The topological polar surface area (TPSA) is 64.3 Å². The van der Waals surface area contributed by atoms with Gasteiger partial charge in [-0.15, -0.1) is 0 Å². The number of aryl methyl sites for hydroxylation is 1. The van der Waals surface area contributed by atoms with Crippen molar-refractivity contribution < 1.29 is 9.53 Å². The summed E-state index contributed by atoms with van der Waals surface area (Å²) in [5.74, 6) is 1.05. The average molecular weight is 347 g/mol. The number of carbonyl (C=O) groups excluding carboxylic acids is 1. The summed E-state index contributed by atoms with van der Waals surface area (Å²) in [6, 6.07) is 5.98. The van der Waals surface area contributed by atoms with Crippen molar-refractivity contribution in [2.24, 2.45) is 11.7 Å². The molecule has 0 bridgehead atoms.